The Bertz CT molecular complexity index is 137. The summed E-state index contributed by atoms with van der Waals surface area (Å²) in [6, 6.07) is 0. The van der Waals surface area contributed by atoms with Crippen LogP contribution in [0.4, 0.5) is 13.2 Å². The molecule has 0 heterocycles. The molecule has 5 heteroatoms. The van der Waals surface area contributed by atoms with Crippen molar-refractivity contribution < 1.29 is 18.0 Å². The Hall–Kier alpha value is -0.740. The lowest BCUT2D eigenvalue weighted by Crippen LogP contribution is -2.10. The Labute approximate surface area is 63.0 Å². The van der Waals surface area contributed by atoms with E-state index in [1.807, 2.05) is 0 Å². The molecule has 0 saturated heterocycles. The van der Waals surface area contributed by atoms with Crippen molar-refractivity contribution in [2.45, 2.75) is 26.4 Å². The van der Waals surface area contributed by atoms with E-state index >= 15 is 0 Å². The number of alkyl halides is 3. The van der Waals surface area contributed by atoms with E-state index in [0.29, 0.717) is 5.71 Å². The van der Waals surface area contributed by atoms with Gasteiger partial charge in [0.2, 0.25) is 0 Å². The highest BCUT2D eigenvalue weighted by Gasteiger charge is 2.26. The number of hydrogen-bond donors (Lipinski definition) is 0. The van der Waals surface area contributed by atoms with Crippen LogP contribution in [0.1, 0.15) is 20.3 Å². The summed E-state index contributed by atoms with van der Waals surface area (Å²) in [4.78, 5) is 4.34. The zero-order valence-corrected chi connectivity index (χ0v) is 6.40. The first-order valence-corrected chi connectivity index (χ1v) is 3.12. The van der Waals surface area contributed by atoms with Crippen LogP contribution in [0.2, 0.25) is 0 Å². The topological polar surface area (TPSA) is 21.6 Å². The van der Waals surface area contributed by atoms with Crippen LogP contribution < -0.4 is 0 Å². The molecule has 0 fully saturated rings. The second kappa shape index (κ2) is 4.20. The molecule has 0 bridgehead atoms. The predicted molar refractivity (Wildman–Crippen MR) is 35.4 cm³/mol. The summed E-state index contributed by atoms with van der Waals surface area (Å²) >= 11 is 0. The van der Waals surface area contributed by atoms with Crippen molar-refractivity contribution in [3.8, 4) is 0 Å². The van der Waals surface area contributed by atoms with Crippen LogP contribution >= 0.6 is 0 Å². The van der Waals surface area contributed by atoms with Gasteiger partial charge in [0.05, 0.1) is 12.1 Å². The molecule has 0 aromatic rings. The monoisotopic (exact) mass is 169 g/mol. The minimum Gasteiger partial charge on any atom is -0.396 e. The van der Waals surface area contributed by atoms with Gasteiger partial charge in [0, 0.05) is 0 Å². The van der Waals surface area contributed by atoms with Gasteiger partial charge in [-0.15, -0.1) is 0 Å². The number of hydrogen-bond acceptors (Lipinski definition) is 2. The van der Waals surface area contributed by atoms with Crippen molar-refractivity contribution in [2.24, 2.45) is 5.16 Å². The number of nitrogens with zero attached hydrogens (tertiary/aromatic N) is 1. The van der Waals surface area contributed by atoms with Gasteiger partial charge in [-0.05, 0) is 13.8 Å². The van der Waals surface area contributed by atoms with Crippen LogP contribution in [0.3, 0.4) is 0 Å². The van der Waals surface area contributed by atoms with Gasteiger partial charge in [-0.2, -0.15) is 13.2 Å². The molecular weight excluding hydrogens is 159 g/mol. The molecule has 66 valence electrons. The van der Waals surface area contributed by atoms with Crippen LogP contribution in [-0.2, 0) is 4.84 Å². The van der Waals surface area contributed by atoms with E-state index in [4.69, 9.17) is 0 Å². The summed E-state index contributed by atoms with van der Waals surface area (Å²) in [7, 11) is 0. The third-order valence-corrected chi connectivity index (χ3v) is 0.724. The van der Waals surface area contributed by atoms with Crippen LogP contribution in [0.25, 0.3) is 0 Å². The summed E-state index contributed by atoms with van der Waals surface area (Å²) in [6.45, 7) is 2.88. The molecule has 0 aromatic carbocycles. The van der Waals surface area contributed by atoms with Crippen LogP contribution in [0.15, 0.2) is 5.16 Å². The van der Waals surface area contributed by atoms with Gasteiger partial charge in [0.15, 0.2) is 0 Å². The quantitative estimate of drug-likeness (QED) is 0.361. The number of oxime groups is 1. The largest absolute Gasteiger partial charge is 0.396 e. The third-order valence-electron chi connectivity index (χ3n) is 0.724. The highest BCUT2D eigenvalue weighted by molar-refractivity contribution is 5.78. The molecule has 0 N–H and O–H groups in total. The van der Waals surface area contributed by atoms with E-state index < -0.39 is 19.2 Å². The molecule has 0 rings (SSSR count). The van der Waals surface area contributed by atoms with Gasteiger partial charge in [-0.3, -0.25) is 0 Å². The molecule has 0 aliphatic carbocycles. The predicted octanol–water partition coefficient (Wildman–Crippen LogP) is 2.35. The fourth-order valence-corrected chi connectivity index (χ4v) is 0.336. The van der Waals surface area contributed by atoms with Crippen molar-refractivity contribution in [1.29, 1.82) is 0 Å². The minimum atomic E-state index is -4.16. The average Bonchev–Trinajstić information content (AvgIpc) is 1.78. The highest BCUT2D eigenvalue weighted by atomic mass is 19.4. The summed E-state index contributed by atoms with van der Waals surface area (Å²) in [5, 5.41) is 3.34. The van der Waals surface area contributed by atoms with Gasteiger partial charge in [0.25, 0.3) is 0 Å². The maximum Gasteiger partial charge on any atom is 0.392 e. The lowest BCUT2D eigenvalue weighted by atomic mass is 10.5. The minimum absolute atomic E-state index is 0.408. The van der Waals surface area contributed by atoms with Gasteiger partial charge in [0.1, 0.15) is 6.61 Å². The maximum atomic E-state index is 11.5. The third kappa shape index (κ3) is 9.26. The lowest BCUT2D eigenvalue weighted by molar-refractivity contribution is -0.145. The molecule has 0 aliphatic rings. The molecule has 0 atom stereocenters. The van der Waals surface area contributed by atoms with Crippen LogP contribution in [-0.4, -0.2) is 18.5 Å². The van der Waals surface area contributed by atoms with Crippen LogP contribution in [0.5, 0.6) is 0 Å². The average molecular weight is 169 g/mol. The Morgan fingerprint density at radius 1 is 1.36 bits per heavy atom. The molecule has 0 spiro atoms. The van der Waals surface area contributed by atoms with E-state index in [9.17, 15) is 13.2 Å². The Balaban J connectivity index is 3.36. The molecule has 11 heavy (non-hydrogen) atoms. The molecule has 0 unspecified atom stereocenters. The second-order valence-electron chi connectivity index (χ2n) is 2.24. The molecular formula is C6H10F3NO. The maximum absolute atomic E-state index is 11.5. The normalized spacial score (nSPS) is 11.0. The van der Waals surface area contributed by atoms with Crippen molar-refractivity contribution in [3.05, 3.63) is 0 Å². The van der Waals surface area contributed by atoms with E-state index in [1.54, 1.807) is 13.8 Å². The smallest absolute Gasteiger partial charge is 0.392 e. The van der Waals surface area contributed by atoms with E-state index in [2.05, 4.69) is 9.99 Å². The van der Waals surface area contributed by atoms with Crippen molar-refractivity contribution in [3.63, 3.8) is 0 Å². The summed E-state index contributed by atoms with van der Waals surface area (Å²) in [5.41, 5.74) is 0.604. The van der Waals surface area contributed by atoms with Crippen molar-refractivity contribution in [1.82, 2.24) is 0 Å². The fraction of sp³-hybridized carbons (Fsp3) is 0.833. The van der Waals surface area contributed by atoms with Crippen molar-refractivity contribution >= 4 is 5.71 Å². The van der Waals surface area contributed by atoms with Gasteiger partial charge in [-0.25, -0.2) is 0 Å². The first-order valence-electron chi connectivity index (χ1n) is 3.12. The summed E-state index contributed by atoms with van der Waals surface area (Å²) in [5.74, 6) is 0. The van der Waals surface area contributed by atoms with E-state index in [-0.39, 0.29) is 0 Å². The molecule has 0 saturated carbocycles. The van der Waals surface area contributed by atoms with Crippen molar-refractivity contribution in [2.75, 3.05) is 6.61 Å². The van der Waals surface area contributed by atoms with Gasteiger partial charge >= 0.3 is 6.18 Å². The molecule has 0 aliphatic heterocycles. The van der Waals surface area contributed by atoms with Gasteiger partial charge in [-0.1, -0.05) is 5.16 Å². The van der Waals surface area contributed by atoms with Crippen LogP contribution in [0, 0.1) is 0 Å². The Kier molecular flexibility index (Phi) is 3.92. The highest BCUT2D eigenvalue weighted by Crippen LogP contribution is 2.18. The molecule has 0 amide bonds. The standard InChI is InChI=1S/C6H10F3NO/c1-5(2)10-11-4-3-6(7,8)9/h3-4H2,1-2H3. The molecule has 0 radical (unpaired) electrons. The van der Waals surface area contributed by atoms with Gasteiger partial charge < -0.3 is 4.84 Å². The molecule has 0 aromatic heterocycles. The zero-order valence-electron chi connectivity index (χ0n) is 6.40. The number of rotatable bonds is 3. The first-order chi connectivity index (χ1) is 4.92. The molecule has 2 nitrogen and oxygen atoms in total. The SMILES string of the molecule is CC(C)=NOCCC(F)(F)F. The fourth-order valence-electron chi connectivity index (χ4n) is 0.336. The Morgan fingerprint density at radius 3 is 2.27 bits per heavy atom. The first kappa shape index (κ1) is 10.3. The van der Waals surface area contributed by atoms with E-state index in [1.165, 1.54) is 0 Å². The summed E-state index contributed by atoms with van der Waals surface area (Å²) in [6.07, 6.45) is -5.11. The van der Waals surface area contributed by atoms with E-state index in [0.717, 1.165) is 0 Å². The summed E-state index contributed by atoms with van der Waals surface area (Å²) < 4.78 is 34.4. The lowest BCUT2D eigenvalue weighted by Gasteiger charge is -2.03. The Morgan fingerprint density at radius 2 is 1.91 bits per heavy atom. The zero-order chi connectivity index (χ0) is 8.91. The number of halogens is 3. The second-order valence-corrected chi connectivity index (χ2v) is 2.24.